The van der Waals surface area contributed by atoms with Crippen molar-refractivity contribution in [1.29, 1.82) is 0 Å². The predicted molar refractivity (Wildman–Crippen MR) is 200 cm³/mol. The van der Waals surface area contributed by atoms with Gasteiger partial charge in [0, 0.05) is 5.69 Å². The van der Waals surface area contributed by atoms with Crippen molar-refractivity contribution in [1.82, 2.24) is 0 Å². The lowest BCUT2D eigenvalue weighted by Crippen LogP contribution is -1.99. The van der Waals surface area contributed by atoms with Crippen LogP contribution in [0.2, 0.25) is 0 Å². The molecule has 0 radical (unpaired) electrons. The fourth-order valence-corrected chi connectivity index (χ4v) is 7.52. The molecule has 0 aliphatic heterocycles. The molecular weight excluding hydrogens is 567 g/mol. The molecule has 1 aliphatic carbocycles. The van der Waals surface area contributed by atoms with Gasteiger partial charge in [-0.25, -0.2) is 0 Å². The van der Waals surface area contributed by atoms with E-state index in [-0.39, 0.29) is 0 Å². The summed E-state index contributed by atoms with van der Waals surface area (Å²) >= 11 is 0. The van der Waals surface area contributed by atoms with Crippen molar-refractivity contribution in [2.45, 2.75) is 0 Å². The van der Waals surface area contributed by atoms with Gasteiger partial charge in [-0.05, 0) is 101 Å². The fourth-order valence-electron chi connectivity index (χ4n) is 7.52. The molecule has 2 N–H and O–H groups in total. The van der Waals surface area contributed by atoms with Gasteiger partial charge in [-0.1, -0.05) is 164 Å². The third kappa shape index (κ3) is 4.40. The summed E-state index contributed by atoms with van der Waals surface area (Å²) in [6, 6.07) is 63.6. The lowest BCUT2D eigenvalue weighted by molar-refractivity contribution is 1.54. The first-order valence-electron chi connectivity index (χ1n) is 16.2. The van der Waals surface area contributed by atoms with Gasteiger partial charge in [-0.15, -0.1) is 0 Å². The Labute approximate surface area is 275 Å². The largest absolute Gasteiger partial charge is 0.399 e. The summed E-state index contributed by atoms with van der Waals surface area (Å²) in [4.78, 5) is 0. The maximum atomic E-state index is 6.01. The van der Waals surface area contributed by atoms with Crippen molar-refractivity contribution in [2.24, 2.45) is 0 Å². The highest BCUT2D eigenvalue weighted by atomic mass is 14.5. The number of nitrogens with two attached hydrogens (primary N) is 1. The van der Waals surface area contributed by atoms with E-state index < -0.39 is 0 Å². The van der Waals surface area contributed by atoms with E-state index in [2.05, 4.69) is 164 Å². The minimum Gasteiger partial charge on any atom is -0.399 e. The molecule has 0 heterocycles. The molecule has 0 amide bonds. The minimum atomic E-state index is 0.771. The summed E-state index contributed by atoms with van der Waals surface area (Å²) in [5.74, 6) is 0. The van der Waals surface area contributed by atoms with Gasteiger partial charge in [0.05, 0.1) is 0 Å². The smallest absolute Gasteiger partial charge is 0.0314 e. The first-order chi connectivity index (χ1) is 23.3. The Kier molecular flexibility index (Phi) is 6.36. The number of hydrogen-bond acceptors (Lipinski definition) is 1. The number of fused-ring (bicyclic) bond motifs is 3. The van der Waals surface area contributed by atoms with Crippen LogP contribution in [0.1, 0.15) is 0 Å². The molecule has 0 unspecified atom stereocenters. The Balaban J connectivity index is 1.47. The summed E-state index contributed by atoms with van der Waals surface area (Å²) in [6.45, 7) is 0. The van der Waals surface area contributed by atoms with Crippen LogP contribution < -0.4 is 5.73 Å². The molecule has 1 aliphatic rings. The average Bonchev–Trinajstić information content (AvgIpc) is 3.47. The zero-order chi connectivity index (χ0) is 31.3. The van der Waals surface area contributed by atoms with Crippen LogP contribution in [-0.2, 0) is 0 Å². The zero-order valence-corrected chi connectivity index (χ0v) is 25.8. The molecule has 0 saturated carbocycles. The van der Waals surface area contributed by atoms with Gasteiger partial charge in [0.25, 0.3) is 0 Å². The van der Waals surface area contributed by atoms with Crippen molar-refractivity contribution in [3.8, 4) is 77.9 Å². The second-order valence-corrected chi connectivity index (χ2v) is 12.3. The SMILES string of the molecule is Nc1ccc(-c2ccc(-c3c(-c4ccccc4)c(-c4ccccc4)c4c(c3-c3ccccc3)-c3cccc5cccc-4c35)cc2)cc1. The maximum absolute atomic E-state index is 6.01. The third-order valence-electron chi connectivity index (χ3n) is 9.55. The van der Waals surface area contributed by atoms with Crippen molar-refractivity contribution in [3.05, 3.63) is 176 Å². The number of nitrogen functional groups attached to an aromatic ring is 1. The van der Waals surface area contributed by atoms with Crippen LogP contribution in [0.15, 0.2) is 176 Å². The molecular formula is C46H31N. The molecule has 47 heavy (non-hydrogen) atoms. The van der Waals surface area contributed by atoms with E-state index >= 15 is 0 Å². The highest BCUT2D eigenvalue weighted by Gasteiger charge is 2.33. The highest BCUT2D eigenvalue weighted by Crippen LogP contribution is 2.60. The summed E-state index contributed by atoms with van der Waals surface area (Å²) in [7, 11) is 0. The lowest BCUT2D eigenvalue weighted by atomic mass is 9.76. The third-order valence-corrected chi connectivity index (χ3v) is 9.55. The summed E-state index contributed by atoms with van der Waals surface area (Å²) in [5, 5.41) is 2.60. The van der Waals surface area contributed by atoms with Crippen LogP contribution in [0, 0.1) is 0 Å². The molecule has 0 aromatic heterocycles. The van der Waals surface area contributed by atoms with Gasteiger partial charge in [0.2, 0.25) is 0 Å². The van der Waals surface area contributed by atoms with Gasteiger partial charge in [-0.3, -0.25) is 0 Å². The molecule has 1 nitrogen and oxygen atoms in total. The van der Waals surface area contributed by atoms with E-state index in [1.54, 1.807) is 0 Å². The highest BCUT2D eigenvalue weighted by molar-refractivity contribution is 6.25. The minimum absolute atomic E-state index is 0.771. The van der Waals surface area contributed by atoms with E-state index in [1.807, 2.05) is 12.1 Å². The molecule has 9 rings (SSSR count). The fraction of sp³-hybridized carbons (Fsp3) is 0. The van der Waals surface area contributed by atoms with Gasteiger partial charge in [0.15, 0.2) is 0 Å². The van der Waals surface area contributed by atoms with Crippen molar-refractivity contribution in [2.75, 3.05) is 5.73 Å². The summed E-state index contributed by atoms with van der Waals surface area (Å²) in [6.07, 6.45) is 0. The summed E-state index contributed by atoms with van der Waals surface area (Å²) in [5.41, 5.74) is 24.2. The molecule has 220 valence electrons. The second-order valence-electron chi connectivity index (χ2n) is 12.3. The first kappa shape index (κ1) is 27.2. The molecule has 8 aromatic carbocycles. The quantitative estimate of drug-likeness (QED) is 0.196. The van der Waals surface area contributed by atoms with E-state index in [1.165, 1.54) is 77.5 Å². The summed E-state index contributed by atoms with van der Waals surface area (Å²) < 4.78 is 0. The van der Waals surface area contributed by atoms with Gasteiger partial charge in [-0.2, -0.15) is 0 Å². The number of hydrogen-bond donors (Lipinski definition) is 1. The van der Waals surface area contributed by atoms with Crippen LogP contribution in [0.5, 0.6) is 0 Å². The van der Waals surface area contributed by atoms with Gasteiger partial charge >= 0.3 is 0 Å². The van der Waals surface area contributed by atoms with Crippen LogP contribution in [0.3, 0.4) is 0 Å². The first-order valence-corrected chi connectivity index (χ1v) is 16.2. The lowest BCUT2D eigenvalue weighted by Gasteiger charge is -2.26. The van der Waals surface area contributed by atoms with E-state index in [0.29, 0.717) is 0 Å². The average molecular weight is 598 g/mol. The van der Waals surface area contributed by atoms with E-state index in [4.69, 9.17) is 5.73 Å². The normalized spacial score (nSPS) is 11.5. The van der Waals surface area contributed by atoms with Crippen LogP contribution in [0.25, 0.3) is 88.7 Å². The van der Waals surface area contributed by atoms with E-state index in [0.717, 1.165) is 16.8 Å². The number of benzene rings is 8. The van der Waals surface area contributed by atoms with Crippen molar-refractivity contribution in [3.63, 3.8) is 0 Å². The molecule has 0 saturated heterocycles. The van der Waals surface area contributed by atoms with Crippen LogP contribution in [0.4, 0.5) is 5.69 Å². The molecule has 0 atom stereocenters. The Bertz CT molecular complexity index is 2400. The Hall–Kier alpha value is -6.18. The monoisotopic (exact) mass is 597 g/mol. The topological polar surface area (TPSA) is 26.0 Å². The molecule has 0 spiro atoms. The molecule has 0 fully saturated rings. The van der Waals surface area contributed by atoms with Crippen LogP contribution >= 0.6 is 0 Å². The maximum Gasteiger partial charge on any atom is 0.0314 e. The molecule has 0 bridgehead atoms. The van der Waals surface area contributed by atoms with E-state index in [9.17, 15) is 0 Å². The number of rotatable bonds is 5. The number of anilines is 1. The Morgan fingerprint density at radius 1 is 0.255 bits per heavy atom. The van der Waals surface area contributed by atoms with Crippen molar-refractivity contribution >= 4 is 16.5 Å². The standard InChI is InChI=1S/C46H31N/c47-37-28-26-31(27-29-37)30-22-24-36(25-23-30)42-41(33-12-4-1-5-13-33)43(34-14-6-2-7-15-34)45-38-20-10-18-32-19-11-21-39(40(32)38)46(45)44(42)35-16-8-3-9-17-35/h1-29H,47H2. The molecule has 1 heteroatoms. The predicted octanol–water partition coefficient (Wildman–Crippen LogP) is 12.4. The molecule has 8 aromatic rings. The van der Waals surface area contributed by atoms with Crippen molar-refractivity contribution < 1.29 is 0 Å². The second kappa shape index (κ2) is 11.0. The zero-order valence-electron chi connectivity index (χ0n) is 25.8. The van der Waals surface area contributed by atoms with Crippen LogP contribution in [-0.4, -0.2) is 0 Å². The Morgan fingerprint density at radius 2 is 0.596 bits per heavy atom. The Morgan fingerprint density at radius 3 is 1.02 bits per heavy atom. The van der Waals surface area contributed by atoms with Gasteiger partial charge < -0.3 is 5.73 Å². The van der Waals surface area contributed by atoms with Gasteiger partial charge in [0.1, 0.15) is 0 Å².